The molecule has 0 amide bonds. The maximum absolute atomic E-state index is 11.2. The second-order valence-electron chi connectivity index (χ2n) is 4.98. The minimum Gasteiger partial charge on any atom is -0.478 e. The van der Waals surface area contributed by atoms with Crippen molar-refractivity contribution in [1.82, 2.24) is 4.98 Å². The Balaban J connectivity index is 2.41. The molecule has 2 aromatic rings. The number of aliphatic carboxylic acids is 1. The Bertz CT molecular complexity index is 700. The van der Waals surface area contributed by atoms with E-state index in [1.54, 1.807) is 42.7 Å². The van der Waals surface area contributed by atoms with E-state index in [4.69, 9.17) is 15.1 Å². The summed E-state index contributed by atoms with van der Waals surface area (Å²) in [5.41, 5.74) is 0.688. The predicted molar refractivity (Wildman–Crippen MR) is 76.7 cm³/mol. The molecular weight excluding hydrogens is 268 g/mol. The number of carbonyl (C=O) groups is 1. The molecule has 0 spiro atoms. The van der Waals surface area contributed by atoms with Crippen LogP contribution in [0, 0.1) is 11.3 Å². The summed E-state index contributed by atoms with van der Waals surface area (Å²) >= 11 is 0. The Morgan fingerprint density at radius 1 is 1.29 bits per heavy atom. The zero-order valence-corrected chi connectivity index (χ0v) is 11.7. The van der Waals surface area contributed by atoms with Crippen LogP contribution in [-0.2, 0) is 4.79 Å². The normalized spacial score (nSPS) is 10.7. The summed E-state index contributed by atoms with van der Waals surface area (Å²) in [7, 11) is 0. The van der Waals surface area contributed by atoms with Gasteiger partial charge in [-0.25, -0.2) is 4.79 Å². The molecule has 2 rings (SSSR count). The van der Waals surface area contributed by atoms with Crippen molar-refractivity contribution >= 4 is 5.97 Å². The molecule has 1 heterocycles. The molecule has 0 aliphatic rings. The van der Waals surface area contributed by atoms with Gasteiger partial charge in [0.05, 0.1) is 11.6 Å². The van der Waals surface area contributed by atoms with Gasteiger partial charge in [-0.05, 0) is 37.6 Å². The molecule has 0 atom stereocenters. The monoisotopic (exact) mass is 282 g/mol. The third kappa shape index (κ3) is 3.18. The zero-order valence-electron chi connectivity index (χ0n) is 11.7. The molecule has 0 saturated carbocycles. The number of carboxylic acids is 1. The third-order valence-corrected chi connectivity index (χ3v) is 2.99. The van der Waals surface area contributed by atoms with Gasteiger partial charge in [-0.1, -0.05) is 12.1 Å². The van der Waals surface area contributed by atoms with E-state index in [1.165, 1.54) is 13.8 Å². The van der Waals surface area contributed by atoms with Gasteiger partial charge in [0.1, 0.15) is 5.75 Å². The minimum atomic E-state index is -1.34. The quantitative estimate of drug-likeness (QED) is 0.932. The Hall–Kier alpha value is -2.87. The molecule has 0 unspecified atom stereocenters. The van der Waals surface area contributed by atoms with E-state index in [-0.39, 0.29) is 0 Å². The lowest BCUT2D eigenvalue weighted by Crippen LogP contribution is -2.38. The first-order chi connectivity index (χ1) is 9.94. The lowest BCUT2D eigenvalue weighted by molar-refractivity contribution is -0.152. The van der Waals surface area contributed by atoms with Crippen molar-refractivity contribution < 1.29 is 14.6 Å². The molecule has 0 aliphatic heterocycles. The fraction of sp³-hybridized carbons (Fsp3) is 0.188. The molecule has 1 aromatic heterocycles. The van der Waals surface area contributed by atoms with Crippen molar-refractivity contribution in [1.29, 1.82) is 5.26 Å². The van der Waals surface area contributed by atoms with Crippen molar-refractivity contribution in [3.05, 3.63) is 48.3 Å². The largest absolute Gasteiger partial charge is 0.478 e. The molecule has 0 saturated heterocycles. The summed E-state index contributed by atoms with van der Waals surface area (Å²) in [6.45, 7) is 2.97. The smallest absolute Gasteiger partial charge is 0.347 e. The summed E-state index contributed by atoms with van der Waals surface area (Å²) in [6.07, 6.45) is 3.15. The van der Waals surface area contributed by atoms with Crippen LogP contribution in [-0.4, -0.2) is 21.7 Å². The van der Waals surface area contributed by atoms with Gasteiger partial charge in [0.15, 0.2) is 5.60 Å². The highest BCUT2D eigenvalue weighted by Gasteiger charge is 2.30. The van der Waals surface area contributed by atoms with Gasteiger partial charge in [-0.15, -0.1) is 0 Å². The van der Waals surface area contributed by atoms with Crippen molar-refractivity contribution in [3.63, 3.8) is 0 Å². The van der Waals surface area contributed by atoms with Crippen molar-refractivity contribution in [2.45, 2.75) is 19.4 Å². The number of pyridine rings is 1. The Labute approximate surface area is 122 Å². The van der Waals surface area contributed by atoms with Crippen LogP contribution in [0.4, 0.5) is 0 Å². The second kappa shape index (κ2) is 5.63. The van der Waals surface area contributed by atoms with E-state index in [1.807, 2.05) is 6.07 Å². The van der Waals surface area contributed by atoms with Crippen LogP contribution in [0.2, 0.25) is 0 Å². The van der Waals surface area contributed by atoms with E-state index in [0.717, 1.165) is 5.56 Å². The predicted octanol–water partition coefficient (Wildman–Crippen LogP) is 2.86. The van der Waals surface area contributed by atoms with Crippen molar-refractivity contribution in [2.75, 3.05) is 0 Å². The molecule has 106 valence electrons. The van der Waals surface area contributed by atoms with E-state index in [0.29, 0.717) is 16.9 Å². The molecule has 0 fully saturated rings. The van der Waals surface area contributed by atoms with Gasteiger partial charge in [0.2, 0.25) is 0 Å². The SMILES string of the molecule is CC(C)(Oc1ccncc1-c1ccc(C#N)cc1)C(=O)O. The summed E-state index contributed by atoms with van der Waals surface area (Å²) in [4.78, 5) is 15.2. The first kappa shape index (κ1) is 14.5. The molecule has 0 bridgehead atoms. The molecule has 5 heteroatoms. The lowest BCUT2D eigenvalue weighted by atomic mass is 10.0. The first-order valence-corrected chi connectivity index (χ1v) is 6.31. The van der Waals surface area contributed by atoms with Crippen molar-refractivity contribution in [2.24, 2.45) is 0 Å². The van der Waals surface area contributed by atoms with Crippen LogP contribution in [0.3, 0.4) is 0 Å². The topological polar surface area (TPSA) is 83.2 Å². The summed E-state index contributed by atoms with van der Waals surface area (Å²) in [5.74, 6) is -0.618. The Morgan fingerprint density at radius 2 is 1.95 bits per heavy atom. The fourth-order valence-corrected chi connectivity index (χ4v) is 1.73. The van der Waals surface area contributed by atoms with Gasteiger partial charge in [0.25, 0.3) is 0 Å². The molecule has 0 radical (unpaired) electrons. The van der Waals surface area contributed by atoms with Crippen LogP contribution in [0.15, 0.2) is 42.7 Å². The van der Waals surface area contributed by atoms with Gasteiger partial charge < -0.3 is 9.84 Å². The highest BCUT2D eigenvalue weighted by Crippen LogP contribution is 2.31. The first-order valence-electron chi connectivity index (χ1n) is 6.31. The average Bonchev–Trinajstić information content (AvgIpc) is 2.47. The minimum absolute atomic E-state index is 0.433. The number of rotatable bonds is 4. The number of nitrogens with zero attached hydrogens (tertiary/aromatic N) is 2. The highest BCUT2D eigenvalue weighted by atomic mass is 16.5. The maximum Gasteiger partial charge on any atom is 0.347 e. The molecule has 1 aromatic carbocycles. The summed E-state index contributed by atoms with van der Waals surface area (Å²) in [6, 6.07) is 10.6. The molecule has 5 nitrogen and oxygen atoms in total. The Morgan fingerprint density at radius 3 is 2.52 bits per heavy atom. The standard InChI is InChI=1S/C16H14N2O3/c1-16(2,15(19)20)21-14-7-8-18-10-13(14)12-5-3-11(9-17)4-6-12/h3-8,10H,1-2H3,(H,19,20). The van der Waals surface area contributed by atoms with Gasteiger partial charge in [-0.3, -0.25) is 4.98 Å². The Kier molecular flexibility index (Phi) is 3.90. The highest BCUT2D eigenvalue weighted by molar-refractivity contribution is 5.78. The van der Waals surface area contributed by atoms with Crippen LogP contribution in [0.1, 0.15) is 19.4 Å². The van der Waals surface area contributed by atoms with Crippen LogP contribution >= 0.6 is 0 Å². The third-order valence-electron chi connectivity index (χ3n) is 2.99. The molecule has 0 aliphatic carbocycles. The number of carboxylic acid groups (broad SMARTS) is 1. The number of nitriles is 1. The zero-order chi connectivity index (χ0) is 15.5. The van der Waals surface area contributed by atoms with E-state index >= 15 is 0 Å². The number of aromatic nitrogens is 1. The van der Waals surface area contributed by atoms with Gasteiger partial charge in [-0.2, -0.15) is 5.26 Å². The van der Waals surface area contributed by atoms with Crippen LogP contribution in [0.5, 0.6) is 5.75 Å². The lowest BCUT2D eigenvalue weighted by Gasteiger charge is -2.23. The van der Waals surface area contributed by atoms with Gasteiger partial charge in [0, 0.05) is 18.0 Å². The number of hydrogen-bond donors (Lipinski definition) is 1. The molecule has 21 heavy (non-hydrogen) atoms. The van der Waals surface area contributed by atoms with E-state index in [2.05, 4.69) is 4.98 Å². The summed E-state index contributed by atoms with van der Waals surface area (Å²) < 4.78 is 5.60. The number of ether oxygens (including phenoxy) is 1. The van der Waals surface area contributed by atoms with Crippen LogP contribution in [0.25, 0.3) is 11.1 Å². The van der Waals surface area contributed by atoms with Crippen LogP contribution < -0.4 is 4.74 Å². The average molecular weight is 282 g/mol. The van der Waals surface area contributed by atoms with Gasteiger partial charge >= 0.3 is 5.97 Å². The van der Waals surface area contributed by atoms with Crippen molar-refractivity contribution in [3.8, 4) is 22.9 Å². The summed E-state index contributed by atoms with van der Waals surface area (Å²) in [5, 5.41) is 18.0. The second-order valence-corrected chi connectivity index (χ2v) is 4.98. The fourth-order valence-electron chi connectivity index (χ4n) is 1.73. The number of benzene rings is 1. The molecular formula is C16H14N2O3. The van der Waals surface area contributed by atoms with E-state index < -0.39 is 11.6 Å². The van der Waals surface area contributed by atoms with E-state index in [9.17, 15) is 4.79 Å². The maximum atomic E-state index is 11.2. The number of hydrogen-bond acceptors (Lipinski definition) is 4. The molecule has 1 N–H and O–H groups in total.